The zero-order valence-corrected chi connectivity index (χ0v) is 11.0. The number of halogens is 1. The molecule has 1 aromatic carbocycles. The van der Waals surface area contributed by atoms with E-state index < -0.39 is 11.8 Å². The van der Waals surface area contributed by atoms with Gasteiger partial charge in [0.15, 0.2) is 0 Å². The Balaban J connectivity index is 2.43. The molecule has 0 radical (unpaired) electrons. The topological polar surface area (TPSA) is 64.3 Å². The summed E-state index contributed by atoms with van der Waals surface area (Å²) in [4.78, 5) is 14.6. The van der Waals surface area contributed by atoms with E-state index in [1.807, 2.05) is 13.1 Å². The molecule has 1 N–H and O–H groups in total. The smallest absolute Gasteiger partial charge is 0.364 e. The minimum Gasteiger partial charge on any atom is -0.495 e. The number of ether oxygens (including phenoxy) is 1. The van der Waals surface area contributed by atoms with Crippen molar-refractivity contribution >= 4 is 12.0 Å². The molecule has 0 atom stereocenters. The summed E-state index contributed by atoms with van der Waals surface area (Å²) in [6.45, 7) is 1.86. The lowest BCUT2D eigenvalue weighted by atomic mass is 10.1. The Kier molecular flexibility index (Phi) is 3.84. The minimum atomic E-state index is -1.60. The number of rotatable bonds is 4. The molecule has 0 saturated heterocycles. The van der Waals surface area contributed by atoms with Gasteiger partial charge in [0.2, 0.25) is 5.83 Å². The van der Waals surface area contributed by atoms with Crippen LogP contribution in [0.15, 0.2) is 36.6 Å². The molecule has 2 aromatic rings. The molecule has 1 heterocycles. The van der Waals surface area contributed by atoms with Crippen molar-refractivity contribution in [1.82, 2.24) is 9.55 Å². The highest BCUT2D eigenvalue weighted by molar-refractivity contribution is 5.89. The van der Waals surface area contributed by atoms with Crippen molar-refractivity contribution in [2.45, 2.75) is 6.92 Å². The van der Waals surface area contributed by atoms with E-state index in [0.717, 1.165) is 17.5 Å². The van der Waals surface area contributed by atoms with E-state index in [9.17, 15) is 9.18 Å². The van der Waals surface area contributed by atoms with Crippen LogP contribution in [0.3, 0.4) is 0 Å². The molecule has 2 rings (SSSR count). The summed E-state index contributed by atoms with van der Waals surface area (Å²) in [6, 6.07) is 4.88. The molecule has 0 aliphatic heterocycles. The van der Waals surface area contributed by atoms with Crippen molar-refractivity contribution in [2.24, 2.45) is 0 Å². The summed E-state index contributed by atoms with van der Waals surface area (Å²) in [5.41, 5.74) is 2.00. The largest absolute Gasteiger partial charge is 0.495 e. The van der Waals surface area contributed by atoms with Crippen LogP contribution in [0, 0.1) is 6.92 Å². The van der Waals surface area contributed by atoms with Crippen LogP contribution in [0.5, 0.6) is 5.75 Å². The Hall–Kier alpha value is -2.63. The molecule has 1 aromatic heterocycles. The van der Waals surface area contributed by atoms with Crippen LogP contribution in [0.25, 0.3) is 11.8 Å². The zero-order chi connectivity index (χ0) is 14.7. The highest BCUT2D eigenvalue weighted by Crippen LogP contribution is 2.25. The first-order valence-corrected chi connectivity index (χ1v) is 5.80. The second-order valence-electron chi connectivity index (χ2n) is 4.15. The van der Waals surface area contributed by atoms with Crippen LogP contribution in [0.2, 0.25) is 0 Å². The van der Waals surface area contributed by atoms with Crippen LogP contribution in [0.1, 0.15) is 11.3 Å². The van der Waals surface area contributed by atoms with Crippen LogP contribution in [-0.4, -0.2) is 27.7 Å². The normalized spacial score (nSPS) is 11.4. The molecule has 6 heteroatoms. The summed E-state index contributed by atoms with van der Waals surface area (Å²) in [7, 11) is 1.49. The number of hydrogen-bond acceptors (Lipinski definition) is 3. The fourth-order valence-electron chi connectivity index (χ4n) is 1.76. The molecule has 0 unspecified atom stereocenters. The maximum absolute atomic E-state index is 13.1. The van der Waals surface area contributed by atoms with Gasteiger partial charge in [-0.1, -0.05) is 6.07 Å². The van der Waals surface area contributed by atoms with Crippen molar-refractivity contribution < 1.29 is 19.0 Å². The van der Waals surface area contributed by atoms with Crippen LogP contribution >= 0.6 is 0 Å². The highest BCUT2D eigenvalue weighted by atomic mass is 19.1. The highest BCUT2D eigenvalue weighted by Gasteiger charge is 2.09. The average molecular weight is 276 g/mol. The molecule has 104 valence electrons. The van der Waals surface area contributed by atoms with E-state index in [2.05, 4.69) is 4.98 Å². The molecule has 0 bridgehead atoms. The number of aliphatic carboxylic acids is 1. The van der Waals surface area contributed by atoms with E-state index in [-0.39, 0.29) is 0 Å². The van der Waals surface area contributed by atoms with Crippen LogP contribution < -0.4 is 4.74 Å². The summed E-state index contributed by atoms with van der Waals surface area (Å²) in [6.07, 6.45) is 4.40. The first-order chi connectivity index (χ1) is 9.51. The first kappa shape index (κ1) is 13.8. The van der Waals surface area contributed by atoms with Gasteiger partial charge in [-0.15, -0.1) is 0 Å². The molecule has 0 saturated carbocycles. The number of hydrogen-bond donors (Lipinski definition) is 1. The second-order valence-corrected chi connectivity index (χ2v) is 4.15. The van der Waals surface area contributed by atoms with Crippen molar-refractivity contribution in [2.75, 3.05) is 7.11 Å². The molecule has 5 nitrogen and oxygen atoms in total. The number of imidazole rings is 1. The SMILES string of the molecule is COc1cc(/C=C(\F)C(=O)O)ccc1-n1cnc(C)c1. The maximum atomic E-state index is 13.1. The molecule has 0 aliphatic carbocycles. The van der Waals surface area contributed by atoms with Crippen molar-refractivity contribution in [3.8, 4) is 11.4 Å². The van der Waals surface area contributed by atoms with Crippen LogP contribution in [-0.2, 0) is 4.79 Å². The Morgan fingerprint density at radius 1 is 1.50 bits per heavy atom. The van der Waals surface area contributed by atoms with Gasteiger partial charge < -0.3 is 14.4 Å². The number of carboxylic acid groups (broad SMARTS) is 1. The number of carboxylic acids is 1. The van der Waals surface area contributed by atoms with Gasteiger partial charge in [-0.2, -0.15) is 4.39 Å². The fourth-order valence-corrected chi connectivity index (χ4v) is 1.76. The Labute approximate surface area is 114 Å². The minimum absolute atomic E-state index is 0.405. The quantitative estimate of drug-likeness (QED) is 0.872. The molecule has 0 aliphatic rings. The predicted octanol–water partition coefficient (Wildman–Crippen LogP) is 2.58. The third-order valence-electron chi connectivity index (χ3n) is 2.69. The van der Waals surface area contributed by atoms with Gasteiger partial charge in [-0.25, -0.2) is 9.78 Å². The summed E-state index contributed by atoms with van der Waals surface area (Å²) >= 11 is 0. The summed E-state index contributed by atoms with van der Waals surface area (Å²) in [5, 5.41) is 8.52. The average Bonchev–Trinajstić information content (AvgIpc) is 2.84. The van der Waals surface area contributed by atoms with Crippen LogP contribution in [0.4, 0.5) is 4.39 Å². The third kappa shape index (κ3) is 2.85. The molecule has 0 fully saturated rings. The third-order valence-corrected chi connectivity index (χ3v) is 2.69. The van der Waals surface area contributed by atoms with E-state index in [4.69, 9.17) is 9.84 Å². The van der Waals surface area contributed by atoms with Gasteiger partial charge in [-0.05, 0) is 30.7 Å². The summed E-state index contributed by atoms with van der Waals surface area (Å²) in [5.74, 6) is -2.33. The number of nitrogens with zero attached hydrogens (tertiary/aromatic N) is 2. The van der Waals surface area contributed by atoms with Gasteiger partial charge in [0.05, 0.1) is 24.8 Å². The van der Waals surface area contributed by atoms with Gasteiger partial charge in [0, 0.05) is 6.20 Å². The number of aromatic nitrogens is 2. The molecular formula is C14H13FN2O3. The van der Waals surface area contributed by atoms with Gasteiger partial charge in [0.1, 0.15) is 5.75 Å². The number of benzene rings is 1. The van der Waals surface area contributed by atoms with E-state index >= 15 is 0 Å². The molecule has 0 amide bonds. The monoisotopic (exact) mass is 276 g/mol. The molecule has 20 heavy (non-hydrogen) atoms. The lowest BCUT2D eigenvalue weighted by molar-refractivity contribution is -0.134. The zero-order valence-electron chi connectivity index (χ0n) is 11.0. The predicted molar refractivity (Wildman–Crippen MR) is 71.6 cm³/mol. The molecular weight excluding hydrogens is 263 g/mol. The van der Waals surface area contributed by atoms with Gasteiger partial charge in [-0.3, -0.25) is 0 Å². The second kappa shape index (κ2) is 5.56. The number of methoxy groups -OCH3 is 1. The standard InChI is InChI=1S/C14H13FN2O3/c1-9-7-17(8-16-9)12-4-3-10(6-13(12)20-2)5-11(15)14(18)19/h3-8H,1-2H3,(H,18,19)/b11-5-. The first-order valence-electron chi connectivity index (χ1n) is 5.80. The Bertz CT molecular complexity index is 677. The lowest BCUT2D eigenvalue weighted by Gasteiger charge is -2.09. The fraction of sp³-hybridized carbons (Fsp3) is 0.143. The van der Waals surface area contributed by atoms with E-state index in [1.54, 1.807) is 29.1 Å². The lowest BCUT2D eigenvalue weighted by Crippen LogP contribution is -1.97. The van der Waals surface area contributed by atoms with E-state index in [0.29, 0.717) is 11.3 Å². The van der Waals surface area contributed by atoms with Gasteiger partial charge >= 0.3 is 5.97 Å². The number of aryl methyl sites for hydroxylation is 1. The Morgan fingerprint density at radius 2 is 2.25 bits per heavy atom. The van der Waals surface area contributed by atoms with Gasteiger partial charge in [0.25, 0.3) is 0 Å². The van der Waals surface area contributed by atoms with E-state index in [1.165, 1.54) is 7.11 Å². The van der Waals surface area contributed by atoms with Crippen molar-refractivity contribution in [3.63, 3.8) is 0 Å². The molecule has 0 spiro atoms. The Morgan fingerprint density at radius 3 is 2.80 bits per heavy atom. The maximum Gasteiger partial charge on any atom is 0.364 e. The number of carbonyl (C=O) groups is 1. The summed E-state index contributed by atoms with van der Waals surface area (Å²) < 4.78 is 20.1. The van der Waals surface area contributed by atoms with Crippen molar-refractivity contribution in [3.05, 3.63) is 47.8 Å². The van der Waals surface area contributed by atoms with Crippen molar-refractivity contribution in [1.29, 1.82) is 0 Å².